The Labute approximate surface area is 291 Å². The minimum atomic E-state index is -0.957. The molecule has 0 aromatic heterocycles. The molecule has 0 unspecified atom stereocenters. The Hall–Kier alpha value is -4.84. The number of hydrogen-bond donors (Lipinski definition) is 1. The number of amides is 3. The molecule has 19 nitrogen and oxygen atoms in total. The van der Waals surface area contributed by atoms with E-state index in [1.807, 2.05) is 0 Å². The molecule has 0 aliphatic rings. The summed E-state index contributed by atoms with van der Waals surface area (Å²) in [6.45, 7) is 3.78. The van der Waals surface area contributed by atoms with E-state index >= 15 is 0 Å². The van der Waals surface area contributed by atoms with Crippen molar-refractivity contribution in [2.75, 3.05) is 59.9 Å². The zero-order valence-electron chi connectivity index (χ0n) is 29.4. The third-order valence-electron chi connectivity index (χ3n) is 6.09. The first-order valence-electron chi connectivity index (χ1n) is 16.5. The Morgan fingerprint density at radius 2 is 0.760 bits per heavy atom. The molecule has 0 atom stereocenters. The van der Waals surface area contributed by atoms with Gasteiger partial charge < -0.3 is 53.0 Å². The van der Waals surface area contributed by atoms with Crippen LogP contribution in [0.4, 0.5) is 14.4 Å². The quantitative estimate of drug-likeness (QED) is 0.0768. The first kappa shape index (κ1) is 45.2. The topological polar surface area (TPSA) is 229 Å². The van der Waals surface area contributed by atoms with Crippen LogP contribution >= 0.6 is 0 Å². The van der Waals surface area contributed by atoms with E-state index in [2.05, 4.69) is 5.32 Å². The highest BCUT2D eigenvalue weighted by Crippen LogP contribution is 2.05. The van der Waals surface area contributed by atoms with E-state index in [0.29, 0.717) is 25.7 Å². The summed E-state index contributed by atoms with van der Waals surface area (Å²) in [4.78, 5) is 98.3. The molecule has 0 heterocycles. The monoisotopic (exact) mass is 721 g/mol. The summed E-state index contributed by atoms with van der Waals surface area (Å²) in [5.41, 5.74) is 0. The summed E-state index contributed by atoms with van der Waals surface area (Å²) in [7, 11) is 0. The van der Waals surface area contributed by atoms with Crippen LogP contribution in [0.25, 0.3) is 0 Å². The summed E-state index contributed by atoms with van der Waals surface area (Å²) >= 11 is 0. The largest absolute Gasteiger partial charge is 0.428 e. The summed E-state index contributed by atoms with van der Waals surface area (Å²) in [5, 5.41) is 2.38. The minimum absolute atomic E-state index is 0.0700. The fraction of sp³-hybridized carbons (Fsp3) is 0.742. The normalized spacial score (nSPS) is 10.2. The lowest BCUT2D eigenvalue weighted by Crippen LogP contribution is -2.45. The first-order valence-corrected chi connectivity index (χ1v) is 16.5. The highest BCUT2D eigenvalue weighted by atomic mass is 16.7. The van der Waals surface area contributed by atoms with Crippen LogP contribution in [0.1, 0.15) is 91.9 Å². The highest BCUT2D eigenvalue weighted by Gasteiger charge is 2.22. The van der Waals surface area contributed by atoms with Crippen molar-refractivity contribution >= 4 is 48.1 Å². The van der Waals surface area contributed by atoms with E-state index in [9.17, 15) is 38.4 Å². The van der Waals surface area contributed by atoms with Gasteiger partial charge >= 0.3 is 48.1 Å². The molecule has 0 saturated heterocycles. The second-order valence-corrected chi connectivity index (χ2v) is 10.3. The summed E-state index contributed by atoms with van der Waals surface area (Å²) in [6.07, 6.45) is -0.198. The molecule has 0 rings (SSSR count). The van der Waals surface area contributed by atoms with Crippen molar-refractivity contribution in [2.24, 2.45) is 0 Å². The molecule has 0 radical (unpaired) electrons. The van der Waals surface area contributed by atoms with Gasteiger partial charge in [0.2, 0.25) is 27.2 Å². The second-order valence-electron chi connectivity index (χ2n) is 10.3. The molecule has 0 saturated carbocycles. The SMILES string of the molecule is CCCC(=O)OCOC(=O)CCCN(CCN(CCNC(=O)OCOC(=O)CCC)C(=O)OCOC(=O)CCC)C(=O)OCOC(=O)CCC. The summed E-state index contributed by atoms with van der Waals surface area (Å²) in [6, 6.07) is 0. The number of hydrogen-bond acceptors (Lipinski definition) is 16. The smallest absolute Gasteiger partial charge is 0.412 e. The van der Waals surface area contributed by atoms with Crippen LogP contribution in [0, 0.1) is 0 Å². The number of carbonyl (C=O) groups is 8. The number of nitrogens with one attached hydrogen (secondary N) is 1. The minimum Gasteiger partial charge on any atom is -0.428 e. The van der Waals surface area contributed by atoms with E-state index in [1.54, 1.807) is 27.7 Å². The zero-order valence-corrected chi connectivity index (χ0v) is 29.4. The van der Waals surface area contributed by atoms with Gasteiger partial charge in [-0.25, -0.2) is 14.4 Å². The van der Waals surface area contributed by atoms with Crippen LogP contribution in [0.2, 0.25) is 0 Å². The van der Waals surface area contributed by atoms with Crippen molar-refractivity contribution in [1.82, 2.24) is 15.1 Å². The molecule has 0 aliphatic heterocycles. The summed E-state index contributed by atoms with van der Waals surface area (Å²) in [5.74, 6) is -2.91. The molecule has 19 heteroatoms. The van der Waals surface area contributed by atoms with E-state index in [4.69, 9.17) is 37.9 Å². The van der Waals surface area contributed by atoms with Crippen molar-refractivity contribution in [3.63, 3.8) is 0 Å². The number of alkyl carbamates (subject to hydrolysis) is 1. The highest BCUT2D eigenvalue weighted by molar-refractivity contribution is 5.73. The Kier molecular flexibility index (Phi) is 26.3. The predicted octanol–water partition coefficient (Wildman–Crippen LogP) is 3.12. The van der Waals surface area contributed by atoms with Gasteiger partial charge in [0.1, 0.15) is 0 Å². The third kappa shape index (κ3) is 24.3. The van der Waals surface area contributed by atoms with Gasteiger partial charge in [-0.1, -0.05) is 27.7 Å². The molecular formula is C31H51N3O16. The number of rotatable bonds is 26. The van der Waals surface area contributed by atoms with Crippen molar-refractivity contribution in [2.45, 2.75) is 91.9 Å². The molecule has 1 N–H and O–H groups in total. The fourth-order valence-corrected chi connectivity index (χ4v) is 3.55. The van der Waals surface area contributed by atoms with Gasteiger partial charge in [-0.15, -0.1) is 0 Å². The molecular weight excluding hydrogens is 670 g/mol. The van der Waals surface area contributed by atoms with Gasteiger partial charge in [-0.3, -0.25) is 24.0 Å². The van der Waals surface area contributed by atoms with Crippen LogP contribution < -0.4 is 5.32 Å². The van der Waals surface area contributed by atoms with Crippen molar-refractivity contribution in [3.8, 4) is 0 Å². The number of ether oxygens (including phenoxy) is 8. The van der Waals surface area contributed by atoms with E-state index in [-0.39, 0.29) is 71.2 Å². The number of carbonyl (C=O) groups excluding carboxylic acids is 8. The van der Waals surface area contributed by atoms with Crippen molar-refractivity contribution < 1.29 is 76.3 Å². The fourth-order valence-electron chi connectivity index (χ4n) is 3.55. The number of esters is 5. The predicted molar refractivity (Wildman–Crippen MR) is 169 cm³/mol. The van der Waals surface area contributed by atoms with Crippen LogP contribution in [-0.4, -0.2) is 118 Å². The molecule has 0 aromatic rings. The van der Waals surface area contributed by atoms with Crippen molar-refractivity contribution in [1.29, 1.82) is 0 Å². The second kappa shape index (κ2) is 29.1. The van der Waals surface area contributed by atoms with Crippen LogP contribution in [0.15, 0.2) is 0 Å². The van der Waals surface area contributed by atoms with Crippen molar-refractivity contribution in [3.05, 3.63) is 0 Å². The maximum Gasteiger partial charge on any atom is 0.412 e. The Morgan fingerprint density at radius 3 is 1.16 bits per heavy atom. The van der Waals surface area contributed by atoms with Crippen LogP contribution in [0.5, 0.6) is 0 Å². The molecule has 0 spiro atoms. The lowest BCUT2D eigenvalue weighted by molar-refractivity contribution is -0.167. The molecule has 286 valence electrons. The van der Waals surface area contributed by atoms with Gasteiger partial charge in [0.05, 0.1) is 0 Å². The maximum absolute atomic E-state index is 12.9. The third-order valence-corrected chi connectivity index (χ3v) is 6.09. The first-order chi connectivity index (χ1) is 24.0. The zero-order chi connectivity index (χ0) is 37.6. The Bertz CT molecular complexity index is 988. The molecule has 3 amide bonds. The lowest BCUT2D eigenvalue weighted by atomic mass is 10.3. The standard InChI is InChI=1S/C31H51N3O16/c1-5-10-24(35)43-20-44-28(39)14-9-16-33(30(41)49-22-46-26(37)12-7-3)18-19-34(31(42)50-23-47-27(38)13-8-4)17-15-32-29(40)48-21-45-25(36)11-6-2/h5-23H2,1-4H3,(H,32,40). The molecule has 0 bridgehead atoms. The van der Waals surface area contributed by atoms with E-state index in [0.717, 1.165) is 9.80 Å². The molecule has 50 heavy (non-hydrogen) atoms. The molecule has 0 aromatic carbocycles. The van der Waals surface area contributed by atoms with Gasteiger partial charge in [0.25, 0.3) is 0 Å². The van der Waals surface area contributed by atoms with Gasteiger partial charge in [-0.05, 0) is 32.1 Å². The lowest BCUT2D eigenvalue weighted by Gasteiger charge is -2.27. The average Bonchev–Trinajstić information content (AvgIpc) is 3.05. The Morgan fingerprint density at radius 1 is 0.420 bits per heavy atom. The summed E-state index contributed by atoms with van der Waals surface area (Å²) < 4.78 is 39.0. The van der Waals surface area contributed by atoms with Gasteiger partial charge in [0.15, 0.2) is 0 Å². The van der Waals surface area contributed by atoms with Crippen LogP contribution in [-0.2, 0) is 61.9 Å². The van der Waals surface area contributed by atoms with Gasteiger partial charge in [0, 0.05) is 64.8 Å². The maximum atomic E-state index is 12.9. The number of nitrogens with zero attached hydrogens (tertiary/aromatic N) is 2. The molecule has 0 fully saturated rings. The average molecular weight is 722 g/mol. The van der Waals surface area contributed by atoms with Crippen LogP contribution in [0.3, 0.4) is 0 Å². The molecule has 0 aliphatic carbocycles. The van der Waals surface area contributed by atoms with E-state index < -0.39 is 75.3 Å². The van der Waals surface area contributed by atoms with Gasteiger partial charge in [-0.2, -0.15) is 0 Å². The Balaban J connectivity index is 5.39. The van der Waals surface area contributed by atoms with E-state index in [1.165, 1.54) is 0 Å².